The van der Waals surface area contributed by atoms with E-state index >= 15 is 0 Å². The van der Waals surface area contributed by atoms with Gasteiger partial charge in [-0.25, -0.2) is 9.48 Å². The number of aromatic nitrogens is 3. The van der Waals surface area contributed by atoms with E-state index in [1.807, 2.05) is 38.1 Å². The third kappa shape index (κ3) is 5.84. The Morgan fingerprint density at radius 3 is 2.54 bits per heavy atom. The third-order valence-electron chi connectivity index (χ3n) is 5.28. The topological polar surface area (TPSA) is 126 Å². The van der Waals surface area contributed by atoms with E-state index in [0.29, 0.717) is 11.6 Å². The summed E-state index contributed by atoms with van der Waals surface area (Å²) < 4.78 is 8.62. The standard InChI is InChI=1S/C26H26N6O3/c1-17(2)15-31-18(3)10-20(19(31)4)11-21(12-27)26(34)35-16-24(33)30-25-22(13-28)14-29-32(25)23-8-6-5-7-9-23/h5-11,14,17H,15-16H2,1-4H3,(H,30,33)/b21-11-. The van der Waals surface area contributed by atoms with E-state index < -0.39 is 18.5 Å². The Balaban J connectivity index is 1.71. The zero-order chi connectivity index (χ0) is 25.5. The van der Waals surface area contributed by atoms with Crippen LogP contribution in [0.15, 0.2) is 48.2 Å². The van der Waals surface area contributed by atoms with E-state index in [-0.39, 0.29) is 17.0 Å². The van der Waals surface area contributed by atoms with Crippen molar-refractivity contribution in [2.45, 2.75) is 34.2 Å². The van der Waals surface area contributed by atoms with Gasteiger partial charge in [-0.1, -0.05) is 32.0 Å². The Morgan fingerprint density at radius 1 is 1.20 bits per heavy atom. The van der Waals surface area contributed by atoms with Gasteiger partial charge in [0, 0.05) is 17.9 Å². The first kappa shape index (κ1) is 25.0. The summed E-state index contributed by atoms with van der Waals surface area (Å²) in [6.45, 7) is 8.32. The van der Waals surface area contributed by atoms with Crippen molar-refractivity contribution in [3.63, 3.8) is 0 Å². The van der Waals surface area contributed by atoms with Gasteiger partial charge in [0.15, 0.2) is 12.4 Å². The second kappa shape index (κ2) is 11.0. The van der Waals surface area contributed by atoms with Gasteiger partial charge in [0.25, 0.3) is 5.91 Å². The van der Waals surface area contributed by atoms with E-state index in [9.17, 15) is 20.1 Å². The molecule has 1 amide bonds. The van der Waals surface area contributed by atoms with Crippen LogP contribution in [0.2, 0.25) is 0 Å². The molecular formula is C26H26N6O3. The minimum atomic E-state index is -0.909. The Kier molecular flexibility index (Phi) is 7.85. The lowest BCUT2D eigenvalue weighted by molar-refractivity contribution is -0.142. The van der Waals surface area contributed by atoms with Crippen molar-refractivity contribution in [3.05, 3.63) is 70.7 Å². The SMILES string of the molecule is Cc1cc(/C=C(/C#N)C(=O)OCC(=O)Nc2c(C#N)cnn2-c2ccccc2)c(C)n1CC(C)C. The molecule has 0 atom stereocenters. The summed E-state index contributed by atoms with van der Waals surface area (Å²) in [5, 5.41) is 25.6. The quantitative estimate of drug-likeness (QED) is 0.302. The van der Waals surface area contributed by atoms with Crippen LogP contribution in [-0.4, -0.2) is 32.8 Å². The molecule has 178 valence electrons. The molecule has 0 saturated carbocycles. The summed E-state index contributed by atoms with van der Waals surface area (Å²) in [4.78, 5) is 25.0. The zero-order valence-corrected chi connectivity index (χ0v) is 20.1. The molecule has 2 heterocycles. The highest BCUT2D eigenvalue weighted by Crippen LogP contribution is 2.21. The number of hydrogen-bond donors (Lipinski definition) is 1. The predicted octanol–water partition coefficient (Wildman–Crippen LogP) is 3.91. The molecule has 35 heavy (non-hydrogen) atoms. The highest BCUT2D eigenvalue weighted by atomic mass is 16.5. The maximum Gasteiger partial charge on any atom is 0.349 e. The Labute approximate surface area is 203 Å². The number of amides is 1. The average molecular weight is 471 g/mol. The number of ether oxygens (including phenoxy) is 1. The number of nitrogens with one attached hydrogen (secondary N) is 1. The largest absolute Gasteiger partial charge is 0.451 e. The van der Waals surface area contributed by atoms with Crippen LogP contribution in [0.4, 0.5) is 5.82 Å². The molecule has 1 N–H and O–H groups in total. The average Bonchev–Trinajstić information content (AvgIpc) is 3.36. The van der Waals surface area contributed by atoms with Crippen LogP contribution in [0, 0.1) is 42.4 Å². The third-order valence-corrected chi connectivity index (χ3v) is 5.28. The zero-order valence-electron chi connectivity index (χ0n) is 20.1. The monoisotopic (exact) mass is 470 g/mol. The second-order valence-electron chi connectivity index (χ2n) is 8.39. The summed E-state index contributed by atoms with van der Waals surface area (Å²) in [6.07, 6.45) is 2.80. The van der Waals surface area contributed by atoms with Crippen LogP contribution < -0.4 is 5.32 Å². The Morgan fingerprint density at radius 2 is 1.91 bits per heavy atom. The molecule has 0 aliphatic rings. The molecule has 1 aromatic carbocycles. The van der Waals surface area contributed by atoms with Gasteiger partial charge in [0.2, 0.25) is 0 Å². The molecule has 0 aliphatic heterocycles. The molecule has 9 heteroatoms. The van der Waals surface area contributed by atoms with E-state index in [1.54, 1.807) is 24.3 Å². The van der Waals surface area contributed by atoms with Crippen molar-refractivity contribution in [1.82, 2.24) is 14.3 Å². The van der Waals surface area contributed by atoms with Crippen molar-refractivity contribution in [2.75, 3.05) is 11.9 Å². The van der Waals surface area contributed by atoms with Gasteiger partial charge in [-0.15, -0.1) is 0 Å². The van der Waals surface area contributed by atoms with Crippen molar-refractivity contribution < 1.29 is 14.3 Å². The van der Waals surface area contributed by atoms with Crippen LogP contribution >= 0.6 is 0 Å². The van der Waals surface area contributed by atoms with Gasteiger partial charge in [-0.2, -0.15) is 15.6 Å². The number of anilines is 1. The number of carbonyl (C=O) groups excluding carboxylic acids is 2. The number of para-hydroxylation sites is 1. The Bertz CT molecular complexity index is 1350. The molecule has 0 spiro atoms. The lowest BCUT2D eigenvalue weighted by Crippen LogP contribution is -2.23. The molecule has 0 aliphatic carbocycles. The maximum absolute atomic E-state index is 12.5. The number of nitriles is 2. The first-order chi connectivity index (χ1) is 16.7. The lowest BCUT2D eigenvalue weighted by Gasteiger charge is -2.12. The van der Waals surface area contributed by atoms with Crippen LogP contribution in [0.1, 0.15) is 36.4 Å². The van der Waals surface area contributed by atoms with Crippen molar-refractivity contribution in [3.8, 4) is 17.8 Å². The second-order valence-corrected chi connectivity index (χ2v) is 8.39. The number of aryl methyl sites for hydroxylation is 1. The smallest absolute Gasteiger partial charge is 0.349 e. The molecule has 0 radical (unpaired) electrons. The fraction of sp³-hybridized carbons (Fsp3) is 0.269. The molecular weight excluding hydrogens is 444 g/mol. The van der Waals surface area contributed by atoms with Gasteiger partial charge in [-0.05, 0) is 49.6 Å². The number of carbonyl (C=O) groups is 2. The minimum absolute atomic E-state index is 0.155. The first-order valence-electron chi connectivity index (χ1n) is 11.0. The highest BCUT2D eigenvalue weighted by Gasteiger charge is 2.19. The van der Waals surface area contributed by atoms with Crippen molar-refractivity contribution in [1.29, 1.82) is 10.5 Å². The van der Waals surface area contributed by atoms with Crippen LogP contribution in [0.3, 0.4) is 0 Å². The summed E-state index contributed by atoms with van der Waals surface area (Å²) in [5.74, 6) is -0.975. The summed E-state index contributed by atoms with van der Waals surface area (Å²) in [6, 6.07) is 14.7. The molecule has 9 nitrogen and oxygen atoms in total. The lowest BCUT2D eigenvalue weighted by atomic mass is 10.1. The molecule has 3 rings (SSSR count). The predicted molar refractivity (Wildman–Crippen MR) is 130 cm³/mol. The number of rotatable bonds is 8. The van der Waals surface area contributed by atoms with Crippen molar-refractivity contribution in [2.24, 2.45) is 5.92 Å². The van der Waals surface area contributed by atoms with E-state index in [1.165, 1.54) is 17.0 Å². The fourth-order valence-corrected chi connectivity index (χ4v) is 3.60. The van der Waals surface area contributed by atoms with Gasteiger partial charge in [-0.3, -0.25) is 4.79 Å². The maximum atomic E-state index is 12.5. The van der Waals surface area contributed by atoms with E-state index in [2.05, 4.69) is 28.8 Å². The fourth-order valence-electron chi connectivity index (χ4n) is 3.60. The summed E-state index contributed by atoms with van der Waals surface area (Å²) in [5.41, 5.74) is 3.29. The Hall–Kier alpha value is -4.63. The number of esters is 1. The summed E-state index contributed by atoms with van der Waals surface area (Å²) in [7, 11) is 0. The van der Waals surface area contributed by atoms with Crippen LogP contribution in [0.25, 0.3) is 11.8 Å². The van der Waals surface area contributed by atoms with Gasteiger partial charge >= 0.3 is 5.97 Å². The molecule has 0 fully saturated rings. The minimum Gasteiger partial charge on any atom is -0.451 e. The molecule has 0 saturated heterocycles. The first-order valence-corrected chi connectivity index (χ1v) is 11.0. The highest BCUT2D eigenvalue weighted by molar-refractivity contribution is 6.00. The molecule has 3 aromatic rings. The molecule has 0 unspecified atom stereocenters. The normalized spacial score (nSPS) is 11.1. The number of benzene rings is 1. The van der Waals surface area contributed by atoms with Gasteiger partial charge in [0.1, 0.15) is 23.3 Å². The van der Waals surface area contributed by atoms with E-state index in [4.69, 9.17) is 4.74 Å². The number of hydrogen-bond acceptors (Lipinski definition) is 6. The molecule has 0 bridgehead atoms. The van der Waals surface area contributed by atoms with E-state index in [0.717, 1.165) is 23.5 Å². The molecule has 2 aromatic heterocycles. The van der Waals surface area contributed by atoms with Crippen molar-refractivity contribution >= 4 is 23.8 Å². The summed E-state index contributed by atoms with van der Waals surface area (Å²) >= 11 is 0. The number of nitrogens with zero attached hydrogens (tertiary/aromatic N) is 5. The van der Waals surface area contributed by atoms with Gasteiger partial charge < -0.3 is 14.6 Å². The van der Waals surface area contributed by atoms with Crippen LogP contribution in [0.5, 0.6) is 0 Å². The van der Waals surface area contributed by atoms with Crippen LogP contribution in [-0.2, 0) is 20.9 Å². The van der Waals surface area contributed by atoms with Gasteiger partial charge in [0.05, 0.1) is 11.9 Å².